The Bertz CT molecular complexity index is 807. The molecule has 1 aromatic carbocycles. The Kier molecular flexibility index (Phi) is 3.91. The third-order valence-electron chi connectivity index (χ3n) is 3.17. The molecule has 23 heavy (non-hydrogen) atoms. The minimum absolute atomic E-state index is 0.137. The van der Waals surface area contributed by atoms with E-state index in [1.54, 1.807) is 13.2 Å². The number of anilines is 1. The molecule has 9 heteroatoms. The zero-order valence-corrected chi connectivity index (χ0v) is 12.3. The van der Waals surface area contributed by atoms with E-state index in [2.05, 4.69) is 30.7 Å². The number of methoxy groups -OCH3 is 1. The molecule has 0 fully saturated rings. The Labute approximate surface area is 131 Å². The van der Waals surface area contributed by atoms with Gasteiger partial charge in [0, 0.05) is 5.56 Å². The fourth-order valence-corrected chi connectivity index (χ4v) is 2.00. The first-order valence-electron chi connectivity index (χ1n) is 6.80. The number of nitrogens with two attached hydrogens (primary N) is 1. The molecule has 0 aliphatic rings. The predicted octanol–water partition coefficient (Wildman–Crippen LogP) is 0.716. The molecule has 0 spiro atoms. The average Bonchev–Trinajstić information content (AvgIpc) is 3.22. The van der Waals surface area contributed by atoms with Gasteiger partial charge in [0.1, 0.15) is 17.3 Å². The van der Waals surface area contributed by atoms with Crippen LogP contribution in [0, 0.1) is 0 Å². The Morgan fingerprint density at radius 2 is 2.04 bits per heavy atom. The van der Waals surface area contributed by atoms with Crippen molar-refractivity contribution in [3.63, 3.8) is 0 Å². The number of rotatable bonds is 5. The highest BCUT2D eigenvalue weighted by molar-refractivity contribution is 5.93. The highest BCUT2D eigenvalue weighted by Crippen LogP contribution is 2.21. The highest BCUT2D eigenvalue weighted by atomic mass is 16.5. The summed E-state index contributed by atoms with van der Waals surface area (Å²) in [6.45, 7) is 0.194. The van der Waals surface area contributed by atoms with Crippen LogP contribution in [-0.2, 0) is 6.54 Å². The summed E-state index contributed by atoms with van der Waals surface area (Å²) in [6.07, 6.45) is 0. The average molecular weight is 313 g/mol. The number of aromatic nitrogens is 5. The summed E-state index contributed by atoms with van der Waals surface area (Å²) in [6, 6.07) is 9.07. The van der Waals surface area contributed by atoms with Gasteiger partial charge in [0.2, 0.25) is 5.95 Å². The lowest BCUT2D eigenvalue weighted by Gasteiger charge is -2.00. The van der Waals surface area contributed by atoms with E-state index < -0.39 is 0 Å². The Morgan fingerprint density at radius 3 is 2.70 bits per heavy atom. The summed E-state index contributed by atoms with van der Waals surface area (Å²) < 4.78 is 5.11. The SMILES string of the molecule is COc1ccc(-c2cc(C(=O)NCc3nc(N)n[nH]3)[nH]n2)cc1. The number of amides is 1. The van der Waals surface area contributed by atoms with Crippen LogP contribution in [0.2, 0.25) is 0 Å². The molecule has 9 nitrogen and oxygen atoms in total. The number of benzene rings is 1. The van der Waals surface area contributed by atoms with Gasteiger partial charge >= 0.3 is 0 Å². The smallest absolute Gasteiger partial charge is 0.269 e. The first-order chi connectivity index (χ1) is 11.2. The standard InChI is InChI=1S/C14H15N7O2/c1-23-9-4-2-8(3-5-9)10-6-11(19-18-10)13(22)16-7-12-17-14(15)21-20-12/h2-6H,7H2,1H3,(H,16,22)(H,18,19)(H3,15,17,20,21). The van der Waals surface area contributed by atoms with Crippen molar-refractivity contribution in [3.05, 3.63) is 41.9 Å². The largest absolute Gasteiger partial charge is 0.497 e. The summed E-state index contributed by atoms with van der Waals surface area (Å²) in [5.41, 5.74) is 7.29. The van der Waals surface area contributed by atoms with Crippen LogP contribution in [0.1, 0.15) is 16.3 Å². The van der Waals surface area contributed by atoms with Crippen molar-refractivity contribution >= 4 is 11.9 Å². The summed E-state index contributed by atoms with van der Waals surface area (Å²) >= 11 is 0. The van der Waals surface area contributed by atoms with E-state index in [-0.39, 0.29) is 18.4 Å². The second-order valence-electron chi connectivity index (χ2n) is 4.72. The Hall–Kier alpha value is -3.36. The number of hydrogen-bond donors (Lipinski definition) is 4. The first-order valence-corrected chi connectivity index (χ1v) is 6.80. The topological polar surface area (TPSA) is 135 Å². The van der Waals surface area contributed by atoms with Crippen LogP contribution in [0.3, 0.4) is 0 Å². The Balaban J connectivity index is 1.66. The number of nitrogens with one attached hydrogen (secondary N) is 3. The number of hydrogen-bond acceptors (Lipinski definition) is 6. The fraction of sp³-hybridized carbons (Fsp3) is 0.143. The van der Waals surface area contributed by atoms with Crippen molar-refractivity contribution < 1.29 is 9.53 Å². The molecule has 3 aromatic rings. The lowest BCUT2D eigenvalue weighted by Crippen LogP contribution is -2.23. The second-order valence-corrected chi connectivity index (χ2v) is 4.72. The minimum atomic E-state index is -0.299. The van der Waals surface area contributed by atoms with E-state index in [1.165, 1.54) is 0 Å². The maximum atomic E-state index is 12.1. The van der Waals surface area contributed by atoms with Gasteiger partial charge in [-0.25, -0.2) is 0 Å². The van der Waals surface area contributed by atoms with Gasteiger partial charge in [-0.05, 0) is 30.3 Å². The van der Waals surface area contributed by atoms with Gasteiger partial charge < -0.3 is 15.8 Å². The quantitative estimate of drug-likeness (QED) is 0.548. The molecule has 0 saturated heterocycles. The molecule has 2 heterocycles. The van der Waals surface area contributed by atoms with E-state index in [1.807, 2.05) is 24.3 Å². The van der Waals surface area contributed by atoms with Crippen molar-refractivity contribution in [2.75, 3.05) is 12.8 Å². The van der Waals surface area contributed by atoms with Crippen molar-refractivity contribution in [2.24, 2.45) is 0 Å². The number of nitrogens with zero attached hydrogens (tertiary/aromatic N) is 3. The maximum absolute atomic E-state index is 12.1. The summed E-state index contributed by atoms with van der Waals surface area (Å²) in [7, 11) is 1.61. The van der Waals surface area contributed by atoms with Crippen molar-refractivity contribution in [3.8, 4) is 17.0 Å². The molecule has 0 unspecified atom stereocenters. The third-order valence-corrected chi connectivity index (χ3v) is 3.17. The van der Waals surface area contributed by atoms with Crippen LogP contribution in [0.15, 0.2) is 30.3 Å². The normalized spacial score (nSPS) is 10.5. The minimum Gasteiger partial charge on any atom is -0.497 e. The first kappa shape index (κ1) is 14.6. The van der Waals surface area contributed by atoms with Gasteiger partial charge in [0.05, 0.1) is 19.3 Å². The van der Waals surface area contributed by atoms with Crippen LogP contribution >= 0.6 is 0 Å². The molecule has 0 aliphatic heterocycles. The van der Waals surface area contributed by atoms with Crippen molar-refractivity contribution in [1.82, 2.24) is 30.7 Å². The summed E-state index contributed by atoms with van der Waals surface area (Å²) in [5, 5.41) is 15.8. The van der Waals surface area contributed by atoms with Crippen LogP contribution in [0.25, 0.3) is 11.3 Å². The number of aromatic amines is 2. The van der Waals surface area contributed by atoms with E-state index in [9.17, 15) is 4.79 Å². The number of nitrogen functional groups attached to an aromatic ring is 1. The summed E-state index contributed by atoms with van der Waals surface area (Å²) in [4.78, 5) is 16.0. The van der Waals surface area contributed by atoms with Gasteiger partial charge in [-0.3, -0.25) is 15.0 Å². The fourth-order valence-electron chi connectivity index (χ4n) is 2.00. The van der Waals surface area contributed by atoms with Crippen molar-refractivity contribution in [1.29, 1.82) is 0 Å². The number of carbonyl (C=O) groups excluding carboxylic acids is 1. The number of carbonyl (C=O) groups is 1. The van der Waals surface area contributed by atoms with Gasteiger partial charge in [-0.15, -0.1) is 5.10 Å². The van der Waals surface area contributed by atoms with Crippen LogP contribution < -0.4 is 15.8 Å². The molecule has 0 radical (unpaired) electrons. The molecule has 1 amide bonds. The Morgan fingerprint density at radius 1 is 1.26 bits per heavy atom. The molecular weight excluding hydrogens is 298 g/mol. The van der Waals surface area contributed by atoms with Gasteiger partial charge in [0.25, 0.3) is 5.91 Å². The monoisotopic (exact) mass is 313 g/mol. The van der Waals surface area contributed by atoms with Crippen LogP contribution in [0.4, 0.5) is 5.95 Å². The lowest BCUT2D eigenvalue weighted by molar-refractivity contribution is 0.0945. The lowest BCUT2D eigenvalue weighted by atomic mass is 10.1. The molecule has 5 N–H and O–H groups in total. The third kappa shape index (κ3) is 3.28. The zero-order valence-electron chi connectivity index (χ0n) is 12.3. The molecule has 0 aliphatic carbocycles. The van der Waals surface area contributed by atoms with Crippen LogP contribution in [-0.4, -0.2) is 38.4 Å². The number of H-pyrrole nitrogens is 2. The highest BCUT2D eigenvalue weighted by Gasteiger charge is 2.11. The van der Waals surface area contributed by atoms with Crippen molar-refractivity contribution in [2.45, 2.75) is 6.54 Å². The van der Waals surface area contributed by atoms with E-state index >= 15 is 0 Å². The number of ether oxygens (including phenoxy) is 1. The van der Waals surface area contributed by atoms with Crippen LogP contribution in [0.5, 0.6) is 5.75 Å². The molecule has 118 valence electrons. The molecule has 3 rings (SSSR count). The molecule has 2 aromatic heterocycles. The molecule has 0 atom stereocenters. The molecular formula is C14H15N7O2. The zero-order chi connectivity index (χ0) is 16.2. The summed E-state index contributed by atoms with van der Waals surface area (Å²) in [5.74, 6) is 1.07. The van der Waals surface area contributed by atoms with Gasteiger partial charge in [-0.1, -0.05) is 0 Å². The van der Waals surface area contributed by atoms with Gasteiger partial charge in [0.15, 0.2) is 0 Å². The van der Waals surface area contributed by atoms with E-state index in [0.717, 1.165) is 11.3 Å². The second kappa shape index (κ2) is 6.18. The molecule has 0 saturated carbocycles. The maximum Gasteiger partial charge on any atom is 0.269 e. The van der Waals surface area contributed by atoms with E-state index in [4.69, 9.17) is 10.5 Å². The molecule has 0 bridgehead atoms. The van der Waals surface area contributed by atoms with Gasteiger partial charge in [-0.2, -0.15) is 10.1 Å². The van der Waals surface area contributed by atoms with E-state index in [0.29, 0.717) is 17.2 Å². The predicted molar refractivity (Wildman–Crippen MR) is 82.5 cm³/mol.